The largest absolute Gasteiger partial charge is 0.493 e. The van der Waals surface area contributed by atoms with Crippen molar-refractivity contribution in [1.29, 1.82) is 0 Å². The predicted molar refractivity (Wildman–Crippen MR) is 108 cm³/mol. The Morgan fingerprint density at radius 1 is 1.18 bits per heavy atom. The Hall–Kier alpha value is -3.61. The molecular formula is C21H22N4O3. The normalized spacial score (nSPS) is 10.8. The summed E-state index contributed by atoms with van der Waals surface area (Å²) in [4.78, 5) is 12.2. The molecule has 0 aliphatic heterocycles. The fourth-order valence-electron chi connectivity index (χ4n) is 2.52. The first-order valence-corrected chi connectivity index (χ1v) is 8.96. The van der Waals surface area contributed by atoms with Gasteiger partial charge in [0.05, 0.1) is 25.6 Å². The molecule has 1 amide bonds. The van der Waals surface area contributed by atoms with Crippen molar-refractivity contribution in [1.82, 2.24) is 15.6 Å². The Morgan fingerprint density at radius 2 is 2.00 bits per heavy atom. The average Bonchev–Trinajstić information content (AvgIpc) is 3.23. The molecule has 0 radical (unpaired) electrons. The van der Waals surface area contributed by atoms with E-state index < -0.39 is 0 Å². The number of methoxy groups -OCH3 is 1. The number of H-pyrrole nitrogens is 1. The van der Waals surface area contributed by atoms with E-state index in [9.17, 15) is 4.79 Å². The maximum absolute atomic E-state index is 12.2. The lowest BCUT2D eigenvalue weighted by atomic mass is 10.1. The van der Waals surface area contributed by atoms with E-state index in [1.165, 1.54) is 0 Å². The summed E-state index contributed by atoms with van der Waals surface area (Å²) in [7, 11) is 1.58. The predicted octanol–water partition coefficient (Wildman–Crippen LogP) is 3.64. The molecule has 0 saturated carbocycles. The highest BCUT2D eigenvalue weighted by atomic mass is 16.5. The van der Waals surface area contributed by atoms with Gasteiger partial charge in [-0.1, -0.05) is 37.3 Å². The SMILES string of the molecule is CCCOc1ccc(/C=N\NC(=O)c2cc(-c3ccccc3)n[nH]2)cc1OC. The summed E-state index contributed by atoms with van der Waals surface area (Å²) in [6.45, 7) is 2.66. The Kier molecular flexibility index (Phi) is 6.41. The number of amides is 1. The molecule has 0 spiro atoms. The highest BCUT2D eigenvalue weighted by Gasteiger charge is 2.10. The maximum atomic E-state index is 12.2. The van der Waals surface area contributed by atoms with Gasteiger partial charge in [-0.3, -0.25) is 9.89 Å². The van der Waals surface area contributed by atoms with Gasteiger partial charge < -0.3 is 9.47 Å². The summed E-state index contributed by atoms with van der Waals surface area (Å²) < 4.78 is 11.0. The molecule has 3 rings (SSSR count). The molecule has 0 atom stereocenters. The van der Waals surface area contributed by atoms with Crippen LogP contribution in [0.5, 0.6) is 11.5 Å². The maximum Gasteiger partial charge on any atom is 0.289 e. The number of benzene rings is 2. The molecule has 0 unspecified atom stereocenters. The second-order valence-corrected chi connectivity index (χ2v) is 5.99. The van der Waals surface area contributed by atoms with Gasteiger partial charge in [-0.2, -0.15) is 10.2 Å². The van der Waals surface area contributed by atoms with Gasteiger partial charge in [-0.05, 0) is 36.2 Å². The Balaban J connectivity index is 1.63. The van der Waals surface area contributed by atoms with E-state index in [2.05, 4.69) is 20.7 Å². The number of nitrogens with one attached hydrogen (secondary N) is 2. The van der Waals surface area contributed by atoms with Crippen molar-refractivity contribution in [2.45, 2.75) is 13.3 Å². The molecule has 1 heterocycles. The first kappa shape index (κ1) is 19.2. The Morgan fingerprint density at radius 3 is 2.75 bits per heavy atom. The molecule has 7 nitrogen and oxygen atoms in total. The summed E-state index contributed by atoms with van der Waals surface area (Å²) in [5.74, 6) is 0.919. The number of hydrogen-bond acceptors (Lipinski definition) is 5. The number of carbonyl (C=O) groups excluding carboxylic acids is 1. The van der Waals surface area contributed by atoms with Crippen molar-refractivity contribution < 1.29 is 14.3 Å². The van der Waals surface area contributed by atoms with Gasteiger partial charge in [-0.15, -0.1) is 0 Å². The lowest BCUT2D eigenvalue weighted by molar-refractivity contribution is 0.0950. The third-order valence-corrected chi connectivity index (χ3v) is 3.92. The molecule has 2 N–H and O–H groups in total. The van der Waals surface area contributed by atoms with Gasteiger partial charge in [0.25, 0.3) is 5.91 Å². The van der Waals surface area contributed by atoms with Crippen LogP contribution in [-0.2, 0) is 0 Å². The Bertz CT molecular complexity index is 951. The lowest BCUT2D eigenvalue weighted by Crippen LogP contribution is -2.18. The van der Waals surface area contributed by atoms with Crippen LogP contribution >= 0.6 is 0 Å². The van der Waals surface area contributed by atoms with Crippen molar-refractivity contribution in [2.24, 2.45) is 5.10 Å². The number of rotatable bonds is 8. The monoisotopic (exact) mass is 378 g/mol. The molecular weight excluding hydrogens is 356 g/mol. The highest BCUT2D eigenvalue weighted by Crippen LogP contribution is 2.27. The zero-order chi connectivity index (χ0) is 19.8. The minimum Gasteiger partial charge on any atom is -0.493 e. The number of nitrogens with zero attached hydrogens (tertiary/aromatic N) is 2. The summed E-state index contributed by atoms with van der Waals surface area (Å²) in [6.07, 6.45) is 2.45. The van der Waals surface area contributed by atoms with Crippen LogP contribution in [0.4, 0.5) is 0 Å². The smallest absolute Gasteiger partial charge is 0.289 e. The van der Waals surface area contributed by atoms with Gasteiger partial charge in [0.15, 0.2) is 11.5 Å². The van der Waals surface area contributed by atoms with Crippen LogP contribution in [0.2, 0.25) is 0 Å². The number of aromatic nitrogens is 2. The van der Waals surface area contributed by atoms with Crippen molar-refractivity contribution >= 4 is 12.1 Å². The van der Waals surface area contributed by atoms with Crippen LogP contribution in [0.1, 0.15) is 29.4 Å². The van der Waals surface area contributed by atoms with E-state index >= 15 is 0 Å². The van der Waals surface area contributed by atoms with Crippen LogP contribution in [0.15, 0.2) is 59.7 Å². The van der Waals surface area contributed by atoms with E-state index in [-0.39, 0.29) is 5.91 Å². The van der Waals surface area contributed by atoms with Crippen LogP contribution in [0.3, 0.4) is 0 Å². The van der Waals surface area contributed by atoms with Gasteiger partial charge in [0, 0.05) is 5.56 Å². The molecule has 0 saturated heterocycles. The molecule has 0 bridgehead atoms. The topological polar surface area (TPSA) is 88.6 Å². The summed E-state index contributed by atoms with van der Waals surface area (Å²) in [6, 6.07) is 16.8. The second kappa shape index (κ2) is 9.36. The highest BCUT2D eigenvalue weighted by molar-refractivity contribution is 5.94. The standard InChI is InChI=1S/C21H22N4O3/c1-3-11-28-19-10-9-15(12-20(19)27-2)14-22-25-21(26)18-13-17(23-24-18)16-7-5-4-6-8-16/h4-10,12-14H,3,11H2,1-2H3,(H,23,24)(H,25,26)/b22-14-. The number of aromatic amines is 1. The van der Waals surface area contributed by atoms with Crippen molar-refractivity contribution in [2.75, 3.05) is 13.7 Å². The van der Waals surface area contributed by atoms with E-state index in [0.717, 1.165) is 17.5 Å². The Labute approximate surface area is 163 Å². The van der Waals surface area contributed by atoms with E-state index in [4.69, 9.17) is 9.47 Å². The molecule has 144 valence electrons. The third kappa shape index (κ3) is 4.76. The lowest BCUT2D eigenvalue weighted by Gasteiger charge is -2.10. The number of hydrazone groups is 1. The average molecular weight is 378 g/mol. The van der Waals surface area contributed by atoms with Crippen LogP contribution in [-0.4, -0.2) is 36.0 Å². The zero-order valence-electron chi connectivity index (χ0n) is 15.8. The number of ether oxygens (including phenoxy) is 2. The minimum atomic E-state index is -0.374. The number of hydrogen-bond donors (Lipinski definition) is 2. The first-order chi connectivity index (χ1) is 13.7. The molecule has 7 heteroatoms. The number of carbonyl (C=O) groups is 1. The second-order valence-electron chi connectivity index (χ2n) is 5.99. The molecule has 3 aromatic rings. The molecule has 2 aromatic carbocycles. The van der Waals surface area contributed by atoms with Gasteiger partial charge in [0.1, 0.15) is 5.69 Å². The summed E-state index contributed by atoms with van der Waals surface area (Å²) >= 11 is 0. The fourth-order valence-corrected chi connectivity index (χ4v) is 2.52. The first-order valence-electron chi connectivity index (χ1n) is 8.96. The van der Waals surface area contributed by atoms with E-state index in [0.29, 0.717) is 29.5 Å². The van der Waals surface area contributed by atoms with Crippen molar-refractivity contribution in [3.63, 3.8) is 0 Å². The van der Waals surface area contributed by atoms with Crippen LogP contribution in [0.25, 0.3) is 11.3 Å². The van der Waals surface area contributed by atoms with Gasteiger partial charge >= 0.3 is 0 Å². The molecule has 0 fully saturated rings. The molecule has 0 aliphatic carbocycles. The molecule has 0 aliphatic rings. The van der Waals surface area contributed by atoms with Crippen molar-refractivity contribution in [3.8, 4) is 22.8 Å². The summed E-state index contributed by atoms with van der Waals surface area (Å²) in [5, 5.41) is 10.9. The quantitative estimate of drug-likeness (QED) is 0.463. The van der Waals surface area contributed by atoms with E-state index in [1.54, 1.807) is 25.5 Å². The van der Waals surface area contributed by atoms with Crippen LogP contribution in [0, 0.1) is 0 Å². The zero-order valence-corrected chi connectivity index (χ0v) is 15.8. The van der Waals surface area contributed by atoms with Crippen LogP contribution < -0.4 is 14.9 Å². The fraction of sp³-hybridized carbons (Fsp3) is 0.190. The van der Waals surface area contributed by atoms with E-state index in [1.807, 2.05) is 49.4 Å². The molecule has 28 heavy (non-hydrogen) atoms. The van der Waals surface area contributed by atoms with Gasteiger partial charge in [0.2, 0.25) is 0 Å². The molecule has 1 aromatic heterocycles. The van der Waals surface area contributed by atoms with Gasteiger partial charge in [-0.25, -0.2) is 5.43 Å². The third-order valence-electron chi connectivity index (χ3n) is 3.92. The summed E-state index contributed by atoms with van der Waals surface area (Å²) in [5.41, 5.74) is 5.22. The van der Waals surface area contributed by atoms with Crippen molar-refractivity contribution in [3.05, 3.63) is 65.9 Å². The minimum absolute atomic E-state index is 0.330.